The topological polar surface area (TPSA) is 64.0 Å². The average molecular weight is 293 g/mol. The number of benzene rings is 1. The second kappa shape index (κ2) is 5.76. The molecule has 0 saturated heterocycles. The van der Waals surface area contributed by atoms with Crippen LogP contribution in [0.2, 0.25) is 0 Å². The minimum absolute atomic E-state index is 0.110. The molecule has 0 bridgehead atoms. The highest BCUT2D eigenvalue weighted by atomic mass is 32.2. The van der Waals surface area contributed by atoms with Crippen molar-refractivity contribution in [3.8, 4) is 0 Å². The van der Waals surface area contributed by atoms with Gasteiger partial charge in [-0.15, -0.1) is 0 Å². The highest BCUT2D eigenvalue weighted by molar-refractivity contribution is 7.90. The third-order valence-corrected chi connectivity index (χ3v) is 4.37. The summed E-state index contributed by atoms with van der Waals surface area (Å²) >= 11 is 0. The fraction of sp³-hybridized carbons (Fsp3) is 0.357. The predicted octanol–water partition coefficient (Wildman–Crippen LogP) is 1.33. The number of rotatable bonds is 5. The molecule has 6 heteroatoms. The van der Waals surface area contributed by atoms with E-state index in [1.165, 1.54) is 6.26 Å². The maximum atomic E-state index is 11.4. The van der Waals surface area contributed by atoms with Gasteiger partial charge in [-0.1, -0.05) is 12.1 Å². The molecule has 0 amide bonds. The zero-order chi connectivity index (χ0) is 14.8. The molecule has 1 N–H and O–H groups in total. The molecule has 20 heavy (non-hydrogen) atoms. The third kappa shape index (κ3) is 3.46. The van der Waals surface area contributed by atoms with Gasteiger partial charge in [0.15, 0.2) is 9.84 Å². The Labute approximate surface area is 119 Å². The lowest BCUT2D eigenvalue weighted by atomic mass is 10.0. The summed E-state index contributed by atoms with van der Waals surface area (Å²) in [6, 6.07) is 9.08. The van der Waals surface area contributed by atoms with Crippen LogP contribution in [0.3, 0.4) is 0 Å². The first kappa shape index (κ1) is 14.7. The second-order valence-corrected chi connectivity index (χ2v) is 6.88. The van der Waals surface area contributed by atoms with Crippen LogP contribution in [0.25, 0.3) is 0 Å². The van der Waals surface area contributed by atoms with Crippen molar-refractivity contribution in [1.29, 1.82) is 0 Å². The van der Waals surface area contributed by atoms with E-state index in [0.29, 0.717) is 4.90 Å². The normalized spacial score (nSPS) is 13.3. The van der Waals surface area contributed by atoms with Crippen LogP contribution < -0.4 is 5.32 Å². The van der Waals surface area contributed by atoms with E-state index in [4.69, 9.17) is 0 Å². The van der Waals surface area contributed by atoms with Crippen LogP contribution in [0.5, 0.6) is 0 Å². The van der Waals surface area contributed by atoms with Gasteiger partial charge in [-0.2, -0.15) is 5.10 Å². The Morgan fingerprint density at radius 3 is 2.35 bits per heavy atom. The van der Waals surface area contributed by atoms with Crippen LogP contribution in [-0.2, 0) is 23.3 Å². The molecule has 1 atom stereocenters. The van der Waals surface area contributed by atoms with E-state index in [9.17, 15) is 8.42 Å². The van der Waals surface area contributed by atoms with Crippen molar-refractivity contribution < 1.29 is 8.42 Å². The van der Waals surface area contributed by atoms with Crippen LogP contribution >= 0.6 is 0 Å². The molecule has 1 aromatic heterocycles. The van der Waals surface area contributed by atoms with Crippen molar-refractivity contribution in [2.75, 3.05) is 13.3 Å². The molecule has 0 saturated carbocycles. The van der Waals surface area contributed by atoms with Gasteiger partial charge in [-0.3, -0.25) is 4.68 Å². The lowest BCUT2D eigenvalue weighted by molar-refractivity contribution is 0.576. The zero-order valence-corrected chi connectivity index (χ0v) is 12.7. The Hall–Kier alpha value is -1.66. The molecular weight excluding hydrogens is 274 g/mol. The van der Waals surface area contributed by atoms with Gasteiger partial charge in [0.1, 0.15) is 0 Å². The quantitative estimate of drug-likeness (QED) is 0.903. The Morgan fingerprint density at radius 2 is 1.90 bits per heavy atom. The van der Waals surface area contributed by atoms with E-state index in [-0.39, 0.29) is 6.04 Å². The van der Waals surface area contributed by atoms with Crippen LogP contribution in [-0.4, -0.2) is 31.5 Å². The summed E-state index contributed by atoms with van der Waals surface area (Å²) in [6.07, 6.45) is 3.88. The molecule has 0 fully saturated rings. The molecule has 0 spiro atoms. The molecule has 2 rings (SSSR count). The molecule has 0 radical (unpaired) electrons. The Balaban J connectivity index is 2.19. The summed E-state index contributed by atoms with van der Waals surface area (Å²) < 4.78 is 24.7. The van der Waals surface area contributed by atoms with Gasteiger partial charge in [-0.25, -0.2) is 8.42 Å². The van der Waals surface area contributed by atoms with Gasteiger partial charge in [0.05, 0.1) is 10.6 Å². The minimum Gasteiger partial charge on any atom is -0.313 e. The fourth-order valence-electron chi connectivity index (χ4n) is 2.12. The maximum absolute atomic E-state index is 11.4. The van der Waals surface area contributed by atoms with Crippen molar-refractivity contribution in [1.82, 2.24) is 15.1 Å². The Bertz CT molecular complexity index is 675. The van der Waals surface area contributed by atoms with Crippen molar-refractivity contribution >= 4 is 9.84 Å². The highest BCUT2D eigenvalue weighted by Gasteiger charge is 2.13. The number of hydrogen-bond donors (Lipinski definition) is 1. The van der Waals surface area contributed by atoms with Gasteiger partial charge in [-0.05, 0) is 30.8 Å². The Kier molecular flexibility index (Phi) is 4.25. The molecule has 1 heterocycles. The summed E-state index contributed by atoms with van der Waals surface area (Å²) in [5.74, 6) is 0. The summed E-state index contributed by atoms with van der Waals surface area (Å²) in [7, 11) is 0.631. The first-order valence-corrected chi connectivity index (χ1v) is 8.25. The average Bonchev–Trinajstić information content (AvgIpc) is 2.81. The van der Waals surface area contributed by atoms with Crippen molar-refractivity contribution in [3.05, 3.63) is 47.8 Å². The van der Waals surface area contributed by atoms with Gasteiger partial charge in [0.25, 0.3) is 0 Å². The monoisotopic (exact) mass is 293 g/mol. The molecule has 0 aliphatic carbocycles. The summed E-state index contributed by atoms with van der Waals surface area (Å²) in [6.45, 7) is 0. The van der Waals surface area contributed by atoms with Gasteiger partial charge in [0.2, 0.25) is 0 Å². The minimum atomic E-state index is -3.14. The van der Waals surface area contributed by atoms with Crippen molar-refractivity contribution in [3.63, 3.8) is 0 Å². The maximum Gasteiger partial charge on any atom is 0.175 e. The molecule has 5 nitrogen and oxygen atoms in total. The first-order valence-electron chi connectivity index (χ1n) is 6.36. The largest absolute Gasteiger partial charge is 0.313 e. The summed E-state index contributed by atoms with van der Waals surface area (Å²) in [4.78, 5) is 0.342. The smallest absolute Gasteiger partial charge is 0.175 e. The lowest BCUT2D eigenvalue weighted by Gasteiger charge is -2.15. The van der Waals surface area contributed by atoms with E-state index in [2.05, 4.69) is 10.4 Å². The van der Waals surface area contributed by atoms with E-state index >= 15 is 0 Å². The standard InChI is InChI=1S/C14H19N3O2S/c1-15-14(10-12-8-9-17(2)16-12)11-4-6-13(7-5-11)20(3,18)19/h4-9,14-15H,10H2,1-3H3. The SMILES string of the molecule is CNC(Cc1ccn(C)n1)c1ccc(S(C)(=O)=O)cc1. The van der Waals surface area contributed by atoms with Gasteiger partial charge in [0, 0.05) is 32.0 Å². The molecule has 0 aliphatic rings. The summed E-state index contributed by atoms with van der Waals surface area (Å²) in [5.41, 5.74) is 2.05. The first-order chi connectivity index (χ1) is 9.40. The van der Waals surface area contributed by atoms with Crippen LogP contribution in [0, 0.1) is 0 Å². The predicted molar refractivity (Wildman–Crippen MR) is 78.3 cm³/mol. The van der Waals surface area contributed by atoms with E-state index in [0.717, 1.165) is 17.7 Å². The molecule has 108 valence electrons. The van der Waals surface area contributed by atoms with Crippen LogP contribution in [0.1, 0.15) is 17.3 Å². The third-order valence-electron chi connectivity index (χ3n) is 3.24. The van der Waals surface area contributed by atoms with Crippen LogP contribution in [0.15, 0.2) is 41.4 Å². The van der Waals surface area contributed by atoms with E-state index < -0.39 is 9.84 Å². The number of likely N-dealkylation sites (N-methyl/N-ethyl adjacent to an activating group) is 1. The van der Waals surface area contributed by atoms with Gasteiger partial charge < -0.3 is 5.32 Å². The van der Waals surface area contributed by atoms with Gasteiger partial charge >= 0.3 is 0 Å². The number of hydrogen-bond acceptors (Lipinski definition) is 4. The number of nitrogens with zero attached hydrogens (tertiary/aromatic N) is 2. The van der Waals surface area contributed by atoms with E-state index in [1.807, 2.05) is 38.5 Å². The van der Waals surface area contributed by atoms with Crippen molar-refractivity contribution in [2.24, 2.45) is 7.05 Å². The molecular formula is C14H19N3O2S. The zero-order valence-electron chi connectivity index (χ0n) is 11.9. The number of aromatic nitrogens is 2. The number of sulfone groups is 1. The fourth-order valence-corrected chi connectivity index (χ4v) is 2.75. The number of aryl methyl sites for hydroxylation is 1. The molecule has 2 aromatic rings. The molecule has 1 unspecified atom stereocenters. The second-order valence-electron chi connectivity index (χ2n) is 4.87. The lowest BCUT2D eigenvalue weighted by Crippen LogP contribution is -2.19. The van der Waals surface area contributed by atoms with E-state index in [1.54, 1.807) is 16.8 Å². The molecule has 1 aromatic carbocycles. The van der Waals surface area contributed by atoms with Crippen molar-refractivity contribution in [2.45, 2.75) is 17.4 Å². The highest BCUT2D eigenvalue weighted by Crippen LogP contribution is 2.19. The molecule has 0 aliphatic heterocycles. The van der Waals surface area contributed by atoms with Crippen LogP contribution in [0.4, 0.5) is 0 Å². The Morgan fingerprint density at radius 1 is 1.25 bits per heavy atom. The number of nitrogens with one attached hydrogen (secondary N) is 1. The summed E-state index contributed by atoms with van der Waals surface area (Å²) in [5, 5.41) is 7.60.